The van der Waals surface area contributed by atoms with Crippen molar-refractivity contribution in [2.24, 2.45) is 10.3 Å². The van der Waals surface area contributed by atoms with Gasteiger partial charge in [0.25, 0.3) is 0 Å². The van der Waals surface area contributed by atoms with Gasteiger partial charge in [0.1, 0.15) is 13.7 Å². The number of ether oxygens (including phenoxy) is 1. The van der Waals surface area contributed by atoms with Gasteiger partial charge in [-0.3, -0.25) is 4.57 Å². The second-order valence-corrected chi connectivity index (χ2v) is 7.32. The van der Waals surface area contributed by atoms with Gasteiger partial charge in [-0.1, -0.05) is 46.7 Å². The van der Waals surface area contributed by atoms with Gasteiger partial charge in [-0.15, -0.1) is 0 Å². The van der Waals surface area contributed by atoms with E-state index in [4.69, 9.17) is 19.3 Å². The van der Waals surface area contributed by atoms with E-state index < -0.39 is 26.0 Å². The molecular formula is C22H26F3N2O7P. The molecule has 0 amide bonds. The van der Waals surface area contributed by atoms with Crippen LogP contribution in [0.4, 0.5) is 13.2 Å². The van der Waals surface area contributed by atoms with Crippen LogP contribution in [-0.2, 0) is 41.1 Å². The fourth-order valence-electron chi connectivity index (χ4n) is 2.56. The van der Waals surface area contributed by atoms with E-state index in [2.05, 4.69) is 14.8 Å². The molecule has 1 atom stereocenters. The maximum Gasteiger partial charge on any atom is 0.416 e. The maximum atomic E-state index is 12.9. The molecule has 9 nitrogen and oxygen atoms in total. The summed E-state index contributed by atoms with van der Waals surface area (Å²) < 4.78 is 57.0. The Bertz CT molecular complexity index is 1060. The highest BCUT2D eigenvalue weighted by atomic mass is 31.1. The molecule has 35 heavy (non-hydrogen) atoms. The summed E-state index contributed by atoms with van der Waals surface area (Å²) in [5.74, 6) is -0.692. The zero-order valence-electron chi connectivity index (χ0n) is 19.5. The quantitative estimate of drug-likeness (QED) is 0.224. The second kappa shape index (κ2) is 14.9. The summed E-state index contributed by atoms with van der Waals surface area (Å²) in [7, 11) is -0.122. The lowest BCUT2D eigenvalue weighted by Gasteiger charge is -2.10. The van der Waals surface area contributed by atoms with E-state index >= 15 is 0 Å². The fourth-order valence-corrected chi connectivity index (χ4v) is 2.80. The van der Waals surface area contributed by atoms with Crippen LogP contribution in [0.1, 0.15) is 36.1 Å². The number of benzene rings is 2. The normalized spacial score (nSPS) is 12.8. The minimum absolute atomic E-state index is 0.0484. The molecule has 0 saturated heterocycles. The minimum Gasteiger partial charge on any atom is -0.464 e. The molecule has 0 heterocycles. The van der Waals surface area contributed by atoms with Crippen molar-refractivity contribution in [3.63, 3.8) is 0 Å². The fraction of sp³-hybridized carbons (Fsp3) is 0.318. The summed E-state index contributed by atoms with van der Waals surface area (Å²) in [6.45, 7) is 3.47. The molecule has 2 rings (SSSR count). The molecule has 0 aliphatic rings. The Hall–Kier alpha value is -3.21. The number of hydrogen-bond donors (Lipinski definition) is 1. The van der Waals surface area contributed by atoms with Crippen molar-refractivity contribution in [3.8, 4) is 0 Å². The zero-order valence-corrected chi connectivity index (χ0v) is 20.5. The number of esters is 1. The molecule has 1 unspecified atom stereocenters. The first-order valence-electron chi connectivity index (χ1n) is 10.0. The van der Waals surface area contributed by atoms with Gasteiger partial charge in [-0.2, -0.15) is 13.2 Å². The molecule has 0 bridgehead atoms. The first-order valence-corrected chi connectivity index (χ1v) is 11.3. The number of oxime groups is 2. The molecule has 0 radical (unpaired) electrons. The number of hydrogen-bond acceptors (Lipinski definition) is 8. The third-order valence-corrected chi connectivity index (χ3v) is 4.67. The Kier molecular flexibility index (Phi) is 12.7. The van der Waals surface area contributed by atoms with Gasteiger partial charge < -0.3 is 23.8 Å². The molecular weight excluding hydrogens is 492 g/mol. The summed E-state index contributed by atoms with van der Waals surface area (Å²) in [6.07, 6.45) is -4.44. The van der Waals surface area contributed by atoms with Crippen LogP contribution in [0.5, 0.6) is 0 Å². The average molecular weight is 518 g/mol. The molecule has 192 valence electrons. The molecule has 0 aliphatic carbocycles. The van der Waals surface area contributed by atoms with E-state index in [9.17, 15) is 22.5 Å². The van der Waals surface area contributed by atoms with Gasteiger partial charge in [-0.05, 0) is 31.5 Å². The summed E-state index contributed by atoms with van der Waals surface area (Å²) in [5, 5.41) is 7.58. The molecule has 0 aliphatic heterocycles. The standard InChI is InChI=1S/C20H19F3N2O4.C2H7O3P/c1-13(14-8-6-9-16(11-14)20(21,22)23)24-29-12-15-7-4-5-10-17(15)18(25-28-3)19(26)27-2;1-2-5-6(3)4/h4-11H,12H2,1-3H3;6H,2H2,1H3,(H,3,4)/b24-13+,25-18+;. The molecule has 0 fully saturated rings. The highest BCUT2D eigenvalue weighted by molar-refractivity contribution is 7.32. The third kappa shape index (κ3) is 10.3. The largest absolute Gasteiger partial charge is 0.464 e. The van der Waals surface area contributed by atoms with E-state index in [0.29, 0.717) is 17.7 Å². The number of rotatable bonds is 9. The first kappa shape index (κ1) is 29.8. The number of nitrogens with zero attached hydrogens (tertiary/aromatic N) is 2. The van der Waals surface area contributed by atoms with E-state index in [-0.39, 0.29) is 23.6 Å². The summed E-state index contributed by atoms with van der Waals surface area (Å²) >= 11 is 0. The Balaban J connectivity index is 0.000000905. The summed E-state index contributed by atoms with van der Waals surface area (Å²) in [5.41, 5.74) is 0.722. The SMILES string of the molecule is CCO[PH](=O)O.CO/N=C(/C(=O)OC)c1ccccc1CO/N=C(\C)c1cccc(C(F)(F)F)c1. The summed E-state index contributed by atoms with van der Waals surface area (Å²) in [4.78, 5) is 29.8. The first-order chi connectivity index (χ1) is 16.5. The van der Waals surface area contributed by atoms with Gasteiger partial charge in [0.15, 0.2) is 5.71 Å². The van der Waals surface area contributed by atoms with E-state index in [0.717, 1.165) is 12.1 Å². The van der Waals surface area contributed by atoms with Gasteiger partial charge in [0.2, 0.25) is 0 Å². The summed E-state index contributed by atoms with van der Waals surface area (Å²) in [6, 6.07) is 11.5. The number of alkyl halides is 3. The Morgan fingerprint density at radius 1 is 1.09 bits per heavy atom. The van der Waals surface area contributed by atoms with Crippen molar-refractivity contribution in [2.45, 2.75) is 26.6 Å². The van der Waals surface area contributed by atoms with Crippen LogP contribution in [0.25, 0.3) is 0 Å². The Morgan fingerprint density at radius 3 is 2.31 bits per heavy atom. The molecule has 0 aromatic heterocycles. The van der Waals surface area contributed by atoms with Crippen molar-refractivity contribution >= 4 is 25.6 Å². The van der Waals surface area contributed by atoms with Crippen molar-refractivity contribution in [1.29, 1.82) is 0 Å². The van der Waals surface area contributed by atoms with E-state index in [1.54, 1.807) is 31.2 Å². The van der Waals surface area contributed by atoms with Crippen LogP contribution in [0.3, 0.4) is 0 Å². The monoisotopic (exact) mass is 518 g/mol. The zero-order chi connectivity index (χ0) is 26.4. The molecule has 0 spiro atoms. The smallest absolute Gasteiger partial charge is 0.416 e. The molecule has 2 aromatic carbocycles. The maximum absolute atomic E-state index is 12.9. The lowest BCUT2D eigenvalue weighted by molar-refractivity contribution is -0.137. The highest BCUT2D eigenvalue weighted by Crippen LogP contribution is 2.29. The van der Waals surface area contributed by atoms with Gasteiger partial charge in [0, 0.05) is 11.1 Å². The minimum atomic E-state index is -4.44. The number of carbonyl (C=O) groups is 1. The van der Waals surface area contributed by atoms with Crippen LogP contribution >= 0.6 is 8.25 Å². The van der Waals surface area contributed by atoms with Gasteiger partial charge in [-0.25, -0.2) is 4.79 Å². The van der Waals surface area contributed by atoms with Crippen LogP contribution in [0, 0.1) is 0 Å². The topological polar surface area (TPSA) is 116 Å². The number of halogens is 3. The van der Waals surface area contributed by atoms with Crippen LogP contribution in [0.2, 0.25) is 0 Å². The Morgan fingerprint density at radius 2 is 1.77 bits per heavy atom. The lowest BCUT2D eigenvalue weighted by Crippen LogP contribution is -2.19. The van der Waals surface area contributed by atoms with Gasteiger partial charge >= 0.3 is 20.4 Å². The van der Waals surface area contributed by atoms with Crippen LogP contribution < -0.4 is 0 Å². The van der Waals surface area contributed by atoms with Crippen LogP contribution in [-0.4, -0.2) is 43.1 Å². The molecule has 0 saturated carbocycles. The molecule has 1 N–H and O–H groups in total. The number of methoxy groups -OCH3 is 1. The predicted molar refractivity (Wildman–Crippen MR) is 123 cm³/mol. The Labute approximate surface area is 201 Å². The third-order valence-electron chi connectivity index (χ3n) is 4.13. The predicted octanol–water partition coefficient (Wildman–Crippen LogP) is 4.57. The molecule has 2 aromatic rings. The average Bonchev–Trinajstić information content (AvgIpc) is 2.82. The highest BCUT2D eigenvalue weighted by Gasteiger charge is 2.30. The van der Waals surface area contributed by atoms with E-state index in [1.807, 2.05) is 0 Å². The van der Waals surface area contributed by atoms with Crippen molar-refractivity contribution in [3.05, 3.63) is 70.8 Å². The lowest BCUT2D eigenvalue weighted by atomic mass is 10.0. The second-order valence-electron chi connectivity index (χ2n) is 6.50. The van der Waals surface area contributed by atoms with Crippen molar-refractivity contribution < 1.29 is 46.4 Å². The van der Waals surface area contributed by atoms with Crippen molar-refractivity contribution in [1.82, 2.24) is 0 Å². The number of carbonyl (C=O) groups excluding carboxylic acids is 1. The molecule has 13 heteroatoms. The van der Waals surface area contributed by atoms with Crippen LogP contribution in [0.15, 0.2) is 58.8 Å². The van der Waals surface area contributed by atoms with E-state index in [1.165, 1.54) is 33.3 Å². The van der Waals surface area contributed by atoms with Gasteiger partial charge in [0.05, 0.1) is 25.0 Å². The van der Waals surface area contributed by atoms with Crippen molar-refractivity contribution in [2.75, 3.05) is 20.8 Å².